The summed E-state index contributed by atoms with van der Waals surface area (Å²) in [5, 5.41) is 0. The molecule has 7 heteroatoms. The first-order chi connectivity index (χ1) is 4.06. The van der Waals surface area contributed by atoms with Crippen LogP contribution >= 0.6 is 7.82 Å². The van der Waals surface area contributed by atoms with Crippen molar-refractivity contribution in [1.29, 1.82) is 0 Å². The summed E-state index contributed by atoms with van der Waals surface area (Å²) in [4.78, 5) is 16.2. The number of phosphoric acid groups is 1. The van der Waals surface area contributed by atoms with Gasteiger partial charge in [0, 0.05) is 56.0 Å². The fraction of sp³-hybridized carbons (Fsp3) is 1.00. The Morgan fingerprint density at radius 1 is 1.40 bits per heavy atom. The van der Waals surface area contributed by atoms with Crippen molar-refractivity contribution in [3.63, 3.8) is 0 Å². The van der Waals surface area contributed by atoms with Crippen LogP contribution in [-0.2, 0) is 13.8 Å². The Labute approximate surface area is 99.4 Å². The van der Waals surface area contributed by atoms with Crippen LogP contribution in [-0.4, -0.2) is 79.0 Å². The van der Waals surface area contributed by atoms with Gasteiger partial charge in [0.2, 0.25) is 0 Å². The molecule has 0 atom stereocenters. The molecule has 0 aromatic carbocycles. The molecule has 58 valence electrons. The summed E-state index contributed by atoms with van der Waals surface area (Å²) >= 11 is 0. The van der Waals surface area contributed by atoms with Crippen molar-refractivity contribution in [2.24, 2.45) is 0 Å². The Bertz CT molecular complexity index is 111. The average Bonchev–Trinajstić information content (AvgIpc) is 1.63. The number of rotatable bonds is 4. The average molecular weight is 293 g/mol. The Hall–Kier alpha value is 1.64. The van der Waals surface area contributed by atoms with Crippen molar-refractivity contribution < 1.29 is 23.6 Å². The minimum atomic E-state index is -4.28. The summed E-state index contributed by atoms with van der Waals surface area (Å²) in [6, 6.07) is 0. The van der Waals surface area contributed by atoms with Gasteiger partial charge >= 0.3 is 7.82 Å². The second-order valence-electron chi connectivity index (χ2n) is 1.32. The molecule has 2 N–H and O–H groups in total. The van der Waals surface area contributed by atoms with Gasteiger partial charge in [-0.15, -0.1) is 0 Å². The van der Waals surface area contributed by atoms with Gasteiger partial charge in [-0.05, 0) is 0 Å². The van der Waals surface area contributed by atoms with E-state index in [1.54, 1.807) is 0 Å². The molecule has 10 heavy (non-hydrogen) atoms. The fourth-order valence-electron chi connectivity index (χ4n) is 0.240. The van der Waals surface area contributed by atoms with E-state index in [-0.39, 0.29) is 62.1 Å². The van der Waals surface area contributed by atoms with E-state index in [0.717, 1.165) is 0 Å². The molecule has 0 amide bonds. The summed E-state index contributed by atoms with van der Waals surface area (Å²) in [5.74, 6) is 0. The number of phosphoric ester groups is 1. The molecule has 0 spiro atoms. The zero-order valence-corrected chi connectivity index (χ0v) is 11.0. The van der Waals surface area contributed by atoms with Crippen molar-refractivity contribution in [2.45, 2.75) is 0 Å². The molecular formula is C3H9BaO5P. The number of methoxy groups -OCH3 is 1. The molecule has 0 saturated carbocycles. The standard InChI is InChI=1S/C3H9O5P.Ba/c1-7-2-3-8-9(4,5)6;/h2-3H2,1H3,(H2,4,5,6);. The molecule has 5 nitrogen and oxygen atoms in total. The number of hydrogen-bond acceptors (Lipinski definition) is 3. The van der Waals surface area contributed by atoms with E-state index in [2.05, 4.69) is 9.26 Å². The van der Waals surface area contributed by atoms with Crippen LogP contribution in [0.4, 0.5) is 0 Å². The molecule has 2 radical (unpaired) electrons. The number of hydrogen-bond donors (Lipinski definition) is 2. The Morgan fingerprint density at radius 3 is 2.20 bits per heavy atom. The van der Waals surface area contributed by atoms with Gasteiger partial charge in [0.1, 0.15) is 0 Å². The van der Waals surface area contributed by atoms with Crippen LogP contribution in [0.2, 0.25) is 0 Å². The third-order valence-corrected chi connectivity index (χ3v) is 1.07. The summed E-state index contributed by atoms with van der Waals surface area (Å²) in [5.41, 5.74) is 0. The SMILES string of the molecule is COCCOP(=O)(O)O.[Ba]. The van der Waals surface area contributed by atoms with Crippen molar-refractivity contribution in [3.05, 3.63) is 0 Å². The minimum absolute atomic E-state index is 0. The second kappa shape index (κ2) is 7.30. The van der Waals surface area contributed by atoms with Crippen LogP contribution in [0.3, 0.4) is 0 Å². The van der Waals surface area contributed by atoms with Crippen molar-refractivity contribution in [3.8, 4) is 0 Å². The summed E-state index contributed by atoms with van der Waals surface area (Å²) in [6.07, 6.45) is 0. The first kappa shape index (κ1) is 14.2. The fourth-order valence-corrected chi connectivity index (χ4v) is 0.552. The van der Waals surface area contributed by atoms with Gasteiger partial charge in [-0.3, -0.25) is 4.52 Å². The van der Waals surface area contributed by atoms with Crippen LogP contribution < -0.4 is 0 Å². The van der Waals surface area contributed by atoms with Crippen LogP contribution in [0, 0.1) is 0 Å². The van der Waals surface area contributed by atoms with Gasteiger partial charge in [-0.25, -0.2) is 4.57 Å². The van der Waals surface area contributed by atoms with E-state index in [0.29, 0.717) is 0 Å². The topological polar surface area (TPSA) is 76.0 Å². The maximum Gasteiger partial charge on any atom is 0.469 e. The third-order valence-electron chi connectivity index (χ3n) is 0.547. The molecule has 0 saturated heterocycles. The van der Waals surface area contributed by atoms with Crippen molar-refractivity contribution >= 4 is 56.7 Å². The van der Waals surface area contributed by atoms with Gasteiger partial charge in [0.25, 0.3) is 0 Å². The maximum atomic E-state index is 9.92. The zero-order chi connectivity index (χ0) is 7.33. The molecule has 0 aliphatic carbocycles. The molecule has 0 aromatic heterocycles. The van der Waals surface area contributed by atoms with Gasteiger partial charge in [0.15, 0.2) is 0 Å². The molecule has 0 heterocycles. The van der Waals surface area contributed by atoms with E-state index >= 15 is 0 Å². The zero-order valence-electron chi connectivity index (χ0n) is 5.69. The smallest absolute Gasteiger partial charge is 0.382 e. The van der Waals surface area contributed by atoms with E-state index in [4.69, 9.17) is 9.79 Å². The summed E-state index contributed by atoms with van der Waals surface area (Å²) in [7, 11) is -2.86. The largest absolute Gasteiger partial charge is 0.469 e. The van der Waals surface area contributed by atoms with Crippen LogP contribution in [0.15, 0.2) is 0 Å². The normalized spacial score (nSPS) is 10.7. The molecule has 0 bridgehead atoms. The van der Waals surface area contributed by atoms with Gasteiger partial charge in [0.05, 0.1) is 13.2 Å². The van der Waals surface area contributed by atoms with Crippen molar-refractivity contribution in [2.75, 3.05) is 20.3 Å². The van der Waals surface area contributed by atoms with Gasteiger partial charge < -0.3 is 14.5 Å². The molecule has 0 aromatic rings. The minimum Gasteiger partial charge on any atom is -0.382 e. The van der Waals surface area contributed by atoms with E-state index < -0.39 is 7.82 Å². The predicted octanol–water partition coefficient (Wildman–Crippen LogP) is -0.639. The predicted molar refractivity (Wildman–Crippen MR) is 35.6 cm³/mol. The molecule has 0 rings (SSSR count). The van der Waals surface area contributed by atoms with E-state index in [1.165, 1.54) is 7.11 Å². The summed E-state index contributed by atoms with van der Waals surface area (Å²) < 4.78 is 18.4. The van der Waals surface area contributed by atoms with Crippen LogP contribution in [0.1, 0.15) is 0 Å². The van der Waals surface area contributed by atoms with Crippen molar-refractivity contribution in [1.82, 2.24) is 0 Å². The van der Waals surface area contributed by atoms with Crippen LogP contribution in [0.5, 0.6) is 0 Å². The molecule has 0 unspecified atom stereocenters. The van der Waals surface area contributed by atoms with E-state index in [1.807, 2.05) is 0 Å². The molecule has 0 aliphatic rings. The number of ether oxygens (including phenoxy) is 1. The molecule has 0 aliphatic heterocycles. The Kier molecular flexibility index (Phi) is 10.4. The molecule has 0 fully saturated rings. The van der Waals surface area contributed by atoms with Gasteiger partial charge in [-0.1, -0.05) is 0 Å². The second-order valence-corrected chi connectivity index (χ2v) is 2.56. The van der Waals surface area contributed by atoms with Crippen LogP contribution in [0.25, 0.3) is 0 Å². The maximum absolute atomic E-state index is 9.92. The summed E-state index contributed by atoms with van der Waals surface area (Å²) in [6.45, 7) is 0.103. The monoisotopic (exact) mass is 294 g/mol. The first-order valence-corrected chi connectivity index (χ1v) is 3.78. The van der Waals surface area contributed by atoms with E-state index in [9.17, 15) is 4.57 Å². The van der Waals surface area contributed by atoms with Gasteiger partial charge in [-0.2, -0.15) is 0 Å². The quantitative estimate of drug-likeness (QED) is 0.410. The third kappa shape index (κ3) is 12.3. The first-order valence-electron chi connectivity index (χ1n) is 2.25. The Morgan fingerprint density at radius 2 is 1.90 bits per heavy atom. The Balaban J connectivity index is 0. The molecular weight excluding hydrogens is 284 g/mol.